The number of amidine groups is 1. The van der Waals surface area contributed by atoms with Crippen LogP contribution in [0, 0.1) is 0 Å². The molecule has 0 aliphatic carbocycles. The first kappa shape index (κ1) is 30.6. The first-order valence-electron chi connectivity index (χ1n) is 18.4. The average molecular weight is 695 g/mol. The van der Waals surface area contributed by atoms with E-state index in [4.69, 9.17) is 9.98 Å². The average Bonchev–Trinajstić information content (AvgIpc) is 3.75. The maximum absolute atomic E-state index is 5.29. The van der Waals surface area contributed by atoms with Crippen LogP contribution in [0.15, 0.2) is 187 Å². The van der Waals surface area contributed by atoms with Crippen LogP contribution in [0.1, 0.15) is 29.0 Å². The van der Waals surface area contributed by atoms with Crippen LogP contribution in [0.3, 0.4) is 0 Å². The van der Waals surface area contributed by atoms with E-state index in [9.17, 15) is 0 Å². The van der Waals surface area contributed by atoms with Crippen LogP contribution in [0.4, 0.5) is 0 Å². The molecule has 6 nitrogen and oxygen atoms in total. The number of benzene rings is 7. The lowest BCUT2D eigenvalue weighted by atomic mass is 10.0. The van der Waals surface area contributed by atoms with Crippen LogP contribution in [0.2, 0.25) is 0 Å². The zero-order chi connectivity index (χ0) is 35.6. The second-order valence-electron chi connectivity index (χ2n) is 13.9. The summed E-state index contributed by atoms with van der Waals surface area (Å²) in [6, 6.07) is 62.4. The van der Waals surface area contributed by atoms with E-state index in [0.717, 1.165) is 45.0 Å². The van der Waals surface area contributed by atoms with Gasteiger partial charge < -0.3 is 9.88 Å². The van der Waals surface area contributed by atoms with Gasteiger partial charge in [0.15, 0.2) is 0 Å². The Balaban J connectivity index is 1.10. The molecule has 6 heteroatoms. The van der Waals surface area contributed by atoms with Crippen LogP contribution < -0.4 is 10.6 Å². The lowest BCUT2D eigenvalue weighted by molar-refractivity contribution is 0.411. The molecule has 4 heterocycles. The van der Waals surface area contributed by atoms with Gasteiger partial charge in [-0.25, -0.2) is 9.98 Å². The highest BCUT2D eigenvalue weighted by Gasteiger charge is 2.27. The molecular formula is C48H34N6. The fourth-order valence-electron chi connectivity index (χ4n) is 8.39. The number of aromatic nitrogens is 3. The van der Waals surface area contributed by atoms with Crippen LogP contribution in [-0.4, -0.2) is 20.0 Å². The minimum atomic E-state index is -0.246. The topological polar surface area (TPSA) is 59.2 Å². The minimum absolute atomic E-state index is 0.174. The summed E-state index contributed by atoms with van der Waals surface area (Å²) in [5.41, 5.74) is 8.94. The molecule has 0 saturated carbocycles. The molecule has 0 fully saturated rings. The molecule has 0 saturated heterocycles. The molecule has 2 atom stereocenters. The summed E-state index contributed by atoms with van der Waals surface area (Å²) < 4.78 is 4.68. The molecule has 54 heavy (non-hydrogen) atoms. The minimum Gasteiger partial charge on any atom is -0.350 e. The second-order valence-corrected chi connectivity index (χ2v) is 13.9. The quantitative estimate of drug-likeness (QED) is 0.189. The highest BCUT2D eigenvalue weighted by molar-refractivity contribution is 6.19. The molecule has 0 bridgehead atoms. The van der Waals surface area contributed by atoms with Crippen LogP contribution in [0.5, 0.6) is 0 Å². The maximum atomic E-state index is 5.29. The molecule has 0 amide bonds. The Hall–Kier alpha value is -7.02. The molecule has 3 aromatic heterocycles. The first-order chi connectivity index (χ1) is 26.8. The Kier molecular flexibility index (Phi) is 6.97. The molecule has 0 spiro atoms. The largest absolute Gasteiger partial charge is 0.350 e. The summed E-state index contributed by atoms with van der Waals surface area (Å²) in [7, 11) is 0. The van der Waals surface area contributed by atoms with Crippen molar-refractivity contribution in [1.29, 1.82) is 0 Å². The Labute approximate surface area is 311 Å². The predicted octanol–water partition coefficient (Wildman–Crippen LogP) is 10.8. The second kappa shape index (κ2) is 12.3. The monoisotopic (exact) mass is 694 g/mol. The van der Waals surface area contributed by atoms with E-state index in [0.29, 0.717) is 0 Å². The van der Waals surface area contributed by atoms with Crippen molar-refractivity contribution in [3.8, 4) is 11.5 Å². The van der Waals surface area contributed by atoms with Gasteiger partial charge >= 0.3 is 0 Å². The number of hydrogen-bond donors (Lipinski definition) is 2. The number of pyridine rings is 1. The SMILES string of the molecule is c1ccc(C2N=C(c3ccnc(-n4c5ccccc5c5cc6c7ccccc7n(-c7ccccc7)c6cc54)c3)NC(c3cccc4ccccc34)N2)cc1. The number of nitrogens with one attached hydrogen (secondary N) is 2. The lowest BCUT2D eigenvalue weighted by Gasteiger charge is -2.32. The molecule has 1 aliphatic heterocycles. The van der Waals surface area contributed by atoms with E-state index in [1.807, 2.05) is 12.3 Å². The smallest absolute Gasteiger partial charge is 0.138 e. The fourth-order valence-corrected chi connectivity index (χ4v) is 8.39. The van der Waals surface area contributed by atoms with Crippen LogP contribution in [0.25, 0.3) is 65.9 Å². The van der Waals surface area contributed by atoms with E-state index < -0.39 is 0 Å². The van der Waals surface area contributed by atoms with Gasteiger partial charge in [0.2, 0.25) is 0 Å². The summed E-state index contributed by atoms with van der Waals surface area (Å²) in [6.45, 7) is 0. The predicted molar refractivity (Wildman–Crippen MR) is 222 cm³/mol. The summed E-state index contributed by atoms with van der Waals surface area (Å²) in [5.74, 6) is 1.65. The van der Waals surface area contributed by atoms with E-state index in [1.54, 1.807) is 0 Å². The van der Waals surface area contributed by atoms with E-state index in [2.05, 4.69) is 190 Å². The maximum Gasteiger partial charge on any atom is 0.138 e. The van der Waals surface area contributed by atoms with Crippen LogP contribution in [-0.2, 0) is 0 Å². The lowest BCUT2D eigenvalue weighted by Crippen LogP contribution is -2.45. The van der Waals surface area contributed by atoms with Crippen molar-refractivity contribution in [2.45, 2.75) is 12.3 Å². The Morgan fingerprint density at radius 2 is 1.11 bits per heavy atom. The van der Waals surface area contributed by atoms with Gasteiger partial charge in [-0.2, -0.15) is 0 Å². The van der Waals surface area contributed by atoms with Crippen molar-refractivity contribution in [1.82, 2.24) is 24.8 Å². The number of para-hydroxylation sites is 3. The molecule has 256 valence electrons. The third kappa shape index (κ3) is 4.85. The Bertz CT molecular complexity index is 3060. The molecule has 7 aromatic carbocycles. The van der Waals surface area contributed by atoms with Crippen molar-refractivity contribution >= 4 is 60.2 Å². The number of rotatable bonds is 5. The van der Waals surface area contributed by atoms with Gasteiger partial charge in [-0.1, -0.05) is 127 Å². The Morgan fingerprint density at radius 1 is 0.481 bits per heavy atom. The van der Waals surface area contributed by atoms with E-state index in [-0.39, 0.29) is 12.3 Å². The van der Waals surface area contributed by atoms with E-state index >= 15 is 0 Å². The molecule has 10 aromatic rings. The van der Waals surface area contributed by atoms with Crippen molar-refractivity contribution in [2.75, 3.05) is 0 Å². The molecule has 2 N–H and O–H groups in total. The summed E-state index contributed by atoms with van der Waals surface area (Å²) >= 11 is 0. The van der Waals surface area contributed by atoms with Crippen LogP contribution >= 0.6 is 0 Å². The molecule has 1 aliphatic rings. The Morgan fingerprint density at radius 3 is 1.89 bits per heavy atom. The van der Waals surface area contributed by atoms with Gasteiger partial charge in [0, 0.05) is 39.0 Å². The van der Waals surface area contributed by atoms with E-state index in [1.165, 1.54) is 43.4 Å². The fraction of sp³-hybridized carbons (Fsp3) is 0.0417. The normalized spacial score (nSPS) is 16.0. The highest BCUT2D eigenvalue weighted by atomic mass is 15.3. The molecule has 2 unspecified atom stereocenters. The van der Waals surface area contributed by atoms with Gasteiger partial charge in [0.05, 0.1) is 22.1 Å². The third-order valence-electron chi connectivity index (χ3n) is 10.8. The number of fused-ring (bicyclic) bond motifs is 7. The van der Waals surface area contributed by atoms with Gasteiger partial charge in [-0.3, -0.25) is 9.88 Å². The summed E-state index contributed by atoms with van der Waals surface area (Å²) in [5, 5.41) is 14.8. The highest BCUT2D eigenvalue weighted by Crippen LogP contribution is 2.39. The molecular weight excluding hydrogens is 661 g/mol. The van der Waals surface area contributed by atoms with Gasteiger partial charge in [-0.15, -0.1) is 0 Å². The number of hydrogen-bond acceptors (Lipinski definition) is 4. The zero-order valence-electron chi connectivity index (χ0n) is 29.3. The van der Waals surface area contributed by atoms with Gasteiger partial charge in [0.1, 0.15) is 24.0 Å². The third-order valence-corrected chi connectivity index (χ3v) is 10.8. The summed E-state index contributed by atoms with van der Waals surface area (Å²) in [6.07, 6.45) is 1.48. The molecule has 0 radical (unpaired) electrons. The number of aliphatic imine (C=N–C) groups is 1. The zero-order valence-corrected chi connectivity index (χ0v) is 29.3. The standard InChI is InChI=1S/C48H34N6/c1-3-15-32(16-4-1)46-50-47(52-48(51-46)38-23-13-17-31-14-7-8-20-35(31)38)33-26-27-49-45(28-33)54-42-25-12-10-22-37(42)40-29-39-36-21-9-11-24-41(36)53(43(39)30-44(40)54)34-18-5-2-6-19-34/h1-30,46,48,51H,(H,50,52). The van der Waals surface area contributed by atoms with Crippen molar-refractivity contribution in [3.05, 3.63) is 199 Å². The van der Waals surface area contributed by atoms with Crippen molar-refractivity contribution in [2.24, 2.45) is 4.99 Å². The molecule has 11 rings (SSSR count). The van der Waals surface area contributed by atoms with Crippen molar-refractivity contribution in [3.63, 3.8) is 0 Å². The summed E-state index contributed by atoms with van der Waals surface area (Å²) in [4.78, 5) is 10.3. The van der Waals surface area contributed by atoms with Crippen molar-refractivity contribution < 1.29 is 0 Å². The first-order valence-corrected chi connectivity index (χ1v) is 18.4. The number of nitrogens with zero attached hydrogens (tertiary/aromatic N) is 4. The van der Waals surface area contributed by atoms with Gasteiger partial charge in [-0.05, 0) is 70.4 Å². The van der Waals surface area contributed by atoms with Gasteiger partial charge in [0.25, 0.3) is 0 Å².